The van der Waals surface area contributed by atoms with Crippen LogP contribution in [0.3, 0.4) is 0 Å². The first-order valence-corrected chi connectivity index (χ1v) is 6.12. The van der Waals surface area contributed by atoms with Crippen molar-refractivity contribution in [3.8, 4) is 0 Å². The average Bonchev–Trinajstić information content (AvgIpc) is 2.78. The summed E-state index contributed by atoms with van der Waals surface area (Å²) in [6.45, 7) is 1.00. The zero-order valence-corrected chi connectivity index (χ0v) is 10.7. The first-order valence-electron chi connectivity index (χ1n) is 6.12. The maximum Gasteiger partial charge on any atom is 0.322 e. The maximum atomic E-state index is 11.4. The van der Waals surface area contributed by atoms with E-state index in [1.807, 2.05) is 0 Å². The van der Waals surface area contributed by atoms with Crippen molar-refractivity contribution in [1.29, 1.82) is 0 Å². The van der Waals surface area contributed by atoms with Gasteiger partial charge in [-0.25, -0.2) is 0 Å². The molecule has 0 unspecified atom stereocenters. The maximum absolute atomic E-state index is 11.4. The van der Waals surface area contributed by atoms with E-state index >= 15 is 0 Å². The van der Waals surface area contributed by atoms with Crippen LogP contribution in [0.25, 0.3) is 0 Å². The zero-order chi connectivity index (χ0) is 10.7. The number of hydrogen-bond acceptors (Lipinski definition) is 3. The normalized spacial score (nSPS) is 30.8. The molecule has 94 valence electrons. The Kier molecular flexibility index (Phi) is 5.56. The number of carbonyl (C=O) groups excluding carboxylic acids is 1. The van der Waals surface area contributed by atoms with Crippen molar-refractivity contribution in [3.05, 3.63) is 0 Å². The van der Waals surface area contributed by atoms with Gasteiger partial charge < -0.3 is 10.1 Å². The van der Waals surface area contributed by atoms with E-state index in [2.05, 4.69) is 5.32 Å². The van der Waals surface area contributed by atoms with Crippen molar-refractivity contribution in [2.24, 2.45) is 11.8 Å². The highest BCUT2D eigenvalue weighted by Gasteiger charge is 2.34. The minimum atomic E-state index is -0.0895. The molecule has 0 aromatic carbocycles. The third-order valence-electron chi connectivity index (χ3n) is 3.97. The summed E-state index contributed by atoms with van der Waals surface area (Å²) in [5.74, 6) is 1.46. The average molecular weight is 248 g/mol. The minimum absolute atomic E-state index is 0. The lowest BCUT2D eigenvalue weighted by Crippen LogP contribution is -2.31. The fourth-order valence-corrected chi connectivity index (χ4v) is 3.05. The summed E-state index contributed by atoms with van der Waals surface area (Å²) in [7, 11) is 1.47. The van der Waals surface area contributed by atoms with Crippen molar-refractivity contribution in [3.63, 3.8) is 0 Å². The van der Waals surface area contributed by atoms with E-state index < -0.39 is 0 Å². The molecule has 0 amide bonds. The quantitative estimate of drug-likeness (QED) is 0.760. The van der Waals surface area contributed by atoms with Gasteiger partial charge in [-0.05, 0) is 24.8 Å². The Labute approximate surface area is 104 Å². The van der Waals surface area contributed by atoms with Crippen molar-refractivity contribution < 1.29 is 9.53 Å². The highest BCUT2D eigenvalue weighted by molar-refractivity contribution is 5.85. The third-order valence-corrected chi connectivity index (χ3v) is 3.97. The molecule has 16 heavy (non-hydrogen) atoms. The molecule has 1 saturated carbocycles. The molecule has 3 nitrogen and oxygen atoms in total. The molecule has 2 aliphatic rings. The summed E-state index contributed by atoms with van der Waals surface area (Å²) >= 11 is 0. The molecule has 2 atom stereocenters. The number of esters is 1. The SMILES string of the molecule is COC(=O)[C@@H]1C[C@H](C2CCCCC2)CN1.Cl. The molecular weight excluding hydrogens is 226 g/mol. The Bertz CT molecular complexity index is 229. The summed E-state index contributed by atoms with van der Waals surface area (Å²) in [6, 6.07) is -0.0399. The van der Waals surface area contributed by atoms with Crippen LogP contribution in [-0.2, 0) is 9.53 Å². The van der Waals surface area contributed by atoms with Crippen LogP contribution in [0.1, 0.15) is 38.5 Å². The van der Waals surface area contributed by atoms with Crippen LogP contribution < -0.4 is 5.32 Å². The standard InChI is InChI=1S/C12H21NO2.ClH/c1-15-12(14)11-7-10(8-13-11)9-5-3-2-4-6-9;/h9-11,13H,2-8H2,1H3;1H/t10-,11-;/m0./s1. The molecule has 1 aliphatic heterocycles. The van der Waals surface area contributed by atoms with E-state index in [0.717, 1.165) is 18.9 Å². The van der Waals surface area contributed by atoms with E-state index in [0.29, 0.717) is 5.92 Å². The van der Waals surface area contributed by atoms with Crippen LogP contribution in [-0.4, -0.2) is 25.7 Å². The van der Waals surface area contributed by atoms with Gasteiger partial charge in [0.15, 0.2) is 0 Å². The van der Waals surface area contributed by atoms with Gasteiger partial charge in [0.1, 0.15) is 6.04 Å². The second-order valence-corrected chi connectivity index (χ2v) is 4.88. The largest absolute Gasteiger partial charge is 0.468 e. The molecule has 2 fully saturated rings. The monoisotopic (exact) mass is 247 g/mol. The first-order chi connectivity index (χ1) is 7.31. The number of methoxy groups -OCH3 is 1. The van der Waals surface area contributed by atoms with Gasteiger partial charge in [-0.15, -0.1) is 12.4 Å². The molecule has 2 rings (SSSR count). The van der Waals surface area contributed by atoms with E-state index in [1.54, 1.807) is 0 Å². The highest BCUT2D eigenvalue weighted by atomic mass is 35.5. The molecule has 1 saturated heterocycles. The lowest BCUT2D eigenvalue weighted by molar-refractivity contribution is -0.142. The molecule has 1 heterocycles. The Morgan fingerprint density at radius 3 is 2.50 bits per heavy atom. The summed E-state index contributed by atoms with van der Waals surface area (Å²) in [6.07, 6.45) is 7.86. The number of halogens is 1. The Hall–Kier alpha value is -0.280. The molecule has 0 aromatic heterocycles. The minimum Gasteiger partial charge on any atom is -0.468 e. The second-order valence-electron chi connectivity index (χ2n) is 4.88. The Morgan fingerprint density at radius 2 is 1.88 bits per heavy atom. The topological polar surface area (TPSA) is 38.3 Å². The molecule has 1 N–H and O–H groups in total. The summed E-state index contributed by atoms with van der Waals surface area (Å²) < 4.78 is 4.77. The molecule has 0 aromatic rings. The third kappa shape index (κ3) is 3.11. The number of hydrogen-bond donors (Lipinski definition) is 1. The first kappa shape index (κ1) is 13.8. The van der Waals surface area contributed by atoms with Crippen molar-refractivity contribution in [1.82, 2.24) is 5.32 Å². The van der Waals surface area contributed by atoms with Gasteiger partial charge in [0.25, 0.3) is 0 Å². The van der Waals surface area contributed by atoms with Crippen LogP contribution in [0.4, 0.5) is 0 Å². The van der Waals surface area contributed by atoms with Crippen LogP contribution in [0, 0.1) is 11.8 Å². The van der Waals surface area contributed by atoms with Crippen LogP contribution in [0.5, 0.6) is 0 Å². The summed E-state index contributed by atoms with van der Waals surface area (Å²) in [4.78, 5) is 11.4. The number of carbonyl (C=O) groups is 1. The number of ether oxygens (including phenoxy) is 1. The van der Waals surface area contributed by atoms with E-state index in [9.17, 15) is 4.79 Å². The molecule has 0 bridgehead atoms. The van der Waals surface area contributed by atoms with Gasteiger partial charge in [0.2, 0.25) is 0 Å². The smallest absolute Gasteiger partial charge is 0.322 e. The van der Waals surface area contributed by atoms with Gasteiger partial charge in [0.05, 0.1) is 7.11 Å². The fourth-order valence-electron chi connectivity index (χ4n) is 3.05. The van der Waals surface area contributed by atoms with Crippen LogP contribution >= 0.6 is 12.4 Å². The molecule has 1 aliphatic carbocycles. The lowest BCUT2D eigenvalue weighted by atomic mass is 9.79. The van der Waals surface area contributed by atoms with Gasteiger partial charge in [-0.3, -0.25) is 4.79 Å². The second kappa shape index (κ2) is 6.45. The number of nitrogens with one attached hydrogen (secondary N) is 1. The van der Waals surface area contributed by atoms with E-state index in [4.69, 9.17) is 4.74 Å². The molecule has 0 radical (unpaired) electrons. The number of rotatable bonds is 2. The zero-order valence-electron chi connectivity index (χ0n) is 9.91. The lowest BCUT2D eigenvalue weighted by Gasteiger charge is -2.26. The van der Waals surface area contributed by atoms with E-state index in [-0.39, 0.29) is 24.4 Å². The Balaban J connectivity index is 0.00000128. The predicted octanol–water partition coefficient (Wildman–Crippen LogP) is 2.14. The van der Waals surface area contributed by atoms with Gasteiger partial charge >= 0.3 is 5.97 Å². The molecule has 0 spiro atoms. The summed E-state index contributed by atoms with van der Waals surface area (Å²) in [5, 5.41) is 3.28. The molecule has 4 heteroatoms. The van der Waals surface area contributed by atoms with Gasteiger partial charge in [-0.1, -0.05) is 32.1 Å². The fraction of sp³-hybridized carbons (Fsp3) is 0.917. The van der Waals surface area contributed by atoms with Gasteiger partial charge in [0, 0.05) is 0 Å². The van der Waals surface area contributed by atoms with Crippen molar-refractivity contribution in [2.75, 3.05) is 13.7 Å². The van der Waals surface area contributed by atoms with Crippen LogP contribution in [0.15, 0.2) is 0 Å². The summed E-state index contributed by atoms with van der Waals surface area (Å²) in [5.41, 5.74) is 0. The highest BCUT2D eigenvalue weighted by Crippen LogP contribution is 2.34. The van der Waals surface area contributed by atoms with Crippen LogP contribution in [0.2, 0.25) is 0 Å². The van der Waals surface area contributed by atoms with Gasteiger partial charge in [-0.2, -0.15) is 0 Å². The van der Waals surface area contributed by atoms with Crippen molar-refractivity contribution in [2.45, 2.75) is 44.6 Å². The Morgan fingerprint density at radius 1 is 1.19 bits per heavy atom. The predicted molar refractivity (Wildman–Crippen MR) is 65.7 cm³/mol. The molecular formula is C12H22ClNO2. The van der Waals surface area contributed by atoms with E-state index in [1.165, 1.54) is 39.2 Å². The van der Waals surface area contributed by atoms with Crippen molar-refractivity contribution >= 4 is 18.4 Å².